The van der Waals surface area contributed by atoms with Gasteiger partial charge in [-0.15, -0.1) is 0 Å². The second-order valence-electron chi connectivity index (χ2n) is 7.37. The molecule has 0 radical (unpaired) electrons. The molecule has 1 amide bonds. The lowest BCUT2D eigenvalue weighted by molar-refractivity contribution is 0.0929. The Balaban J connectivity index is 1.90. The highest BCUT2D eigenvalue weighted by molar-refractivity contribution is 5.94. The molecule has 4 heteroatoms. The lowest BCUT2D eigenvalue weighted by Gasteiger charge is -2.15. The number of hydrogen-bond acceptors (Lipinski definition) is 2. The maximum absolute atomic E-state index is 13.0. The molecule has 0 saturated carbocycles. The highest BCUT2D eigenvalue weighted by Gasteiger charge is 2.19. The van der Waals surface area contributed by atoms with E-state index in [4.69, 9.17) is 5.10 Å². The van der Waals surface area contributed by atoms with Gasteiger partial charge in [0.1, 0.15) is 5.69 Å². The molecule has 140 valence electrons. The fraction of sp³-hybridized carbons (Fsp3) is 0.304. The van der Waals surface area contributed by atoms with Gasteiger partial charge in [0.05, 0.1) is 11.4 Å². The zero-order valence-electron chi connectivity index (χ0n) is 16.2. The summed E-state index contributed by atoms with van der Waals surface area (Å²) >= 11 is 0. The quantitative estimate of drug-likeness (QED) is 0.637. The van der Waals surface area contributed by atoms with Crippen molar-refractivity contribution in [1.29, 1.82) is 0 Å². The predicted octanol–water partition coefficient (Wildman–Crippen LogP) is 5.09. The third-order valence-corrected chi connectivity index (χ3v) is 4.57. The number of carbonyl (C=O) groups is 1. The minimum Gasteiger partial charge on any atom is -0.348 e. The van der Waals surface area contributed by atoms with Crippen LogP contribution in [0.15, 0.2) is 66.7 Å². The molecule has 0 bridgehead atoms. The van der Waals surface area contributed by atoms with Crippen molar-refractivity contribution in [1.82, 2.24) is 15.1 Å². The molecule has 0 aliphatic carbocycles. The molecule has 27 heavy (non-hydrogen) atoms. The van der Waals surface area contributed by atoms with Gasteiger partial charge < -0.3 is 5.32 Å². The summed E-state index contributed by atoms with van der Waals surface area (Å²) in [7, 11) is 0. The van der Waals surface area contributed by atoms with Gasteiger partial charge in [-0.05, 0) is 43.9 Å². The highest BCUT2D eigenvalue weighted by Crippen LogP contribution is 2.22. The molecular weight excluding hydrogens is 334 g/mol. The van der Waals surface area contributed by atoms with E-state index in [2.05, 4.69) is 26.1 Å². The number of rotatable bonds is 7. The Labute approximate surface area is 161 Å². The minimum atomic E-state index is -0.0928. The number of nitrogens with zero attached hydrogens (tertiary/aromatic N) is 2. The van der Waals surface area contributed by atoms with Gasteiger partial charge in [0, 0.05) is 11.6 Å². The molecule has 0 unspecified atom stereocenters. The molecule has 0 fully saturated rings. The lowest BCUT2D eigenvalue weighted by atomic mass is 10.0. The Kier molecular flexibility index (Phi) is 6.07. The van der Waals surface area contributed by atoms with Crippen molar-refractivity contribution < 1.29 is 4.79 Å². The van der Waals surface area contributed by atoms with Crippen LogP contribution in [0.2, 0.25) is 0 Å². The summed E-state index contributed by atoms with van der Waals surface area (Å²) in [6, 6.07) is 21.7. The summed E-state index contributed by atoms with van der Waals surface area (Å²) < 4.78 is 1.73. The second-order valence-corrected chi connectivity index (χ2v) is 7.37. The number of amides is 1. The Morgan fingerprint density at radius 2 is 1.59 bits per heavy atom. The van der Waals surface area contributed by atoms with Crippen molar-refractivity contribution in [2.24, 2.45) is 5.92 Å². The van der Waals surface area contributed by atoms with E-state index in [1.807, 2.05) is 66.7 Å². The van der Waals surface area contributed by atoms with Crippen LogP contribution < -0.4 is 5.32 Å². The van der Waals surface area contributed by atoms with Crippen molar-refractivity contribution >= 4 is 5.91 Å². The zero-order chi connectivity index (χ0) is 19.2. The van der Waals surface area contributed by atoms with Crippen molar-refractivity contribution in [3.8, 4) is 16.9 Å². The molecule has 0 aliphatic rings. The van der Waals surface area contributed by atoms with Gasteiger partial charge in [0.25, 0.3) is 5.91 Å². The first kappa shape index (κ1) is 18.9. The Morgan fingerprint density at radius 3 is 2.22 bits per heavy atom. The van der Waals surface area contributed by atoms with Gasteiger partial charge in [-0.2, -0.15) is 5.10 Å². The van der Waals surface area contributed by atoms with E-state index in [9.17, 15) is 4.79 Å². The van der Waals surface area contributed by atoms with Crippen LogP contribution in [0.5, 0.6) is 0 Å². The normalized spacial score (nSPS) is 12.1. The first-order valence-corrected chi connectivity index (χ1v) is 9.56. The molecule has 1 N–H and O–H groups in total. The molecule has 0 saturated heterocycles. The molecule has 1 atom stereocenters. The van der Waals surface area contributed by atoms with Crippen molar-refractivity contribution in [2.75, 3.05) is 0 Å². The van der Waals surface area contributed by atoms with Crippen LogP contribution in [0, 0.1) is 5.92 Å². The standard InChI is InChI=1S/C23H27N3O/c1-17(2)14-15-18(3)24-23(27)22-16-21(19-10-6-4-7-11-19)25-26(22)20-12-8-5-9-13-20/h4-13,16-18H,14-15H2,1-3H3,(H,24,27)/t18-/m0/s1. The number of aromatic nitrogens is 2. The predicted molar refractivity (Wildman–Crippen MR) is 110 cm³/mol. The number of carbonyl (C=O) groups excluding carboxylic acids is 1. The fourth-order valence-corrected chi connectivity index (χ4v) is 3.01. The van der Waals surface area contributed by atoms with Gasteiger partial charge in [-0.1, -0.05) is 62.4 Å². The van der Waals surface area contributed by atoms with E-state index < -0.39 is 0 Å². The van der Waals surface area contributed by atoms with Crippen LogP contribution in [-0.4, -0.2) is 21.7 Å². The van der Waals surface area contributed by atoms with Crippen LogP contribution in [0.25, 0.3) is 16.9 Å². The summed E-state index contributed by atoms with van der Waals surface area (Å²) in [5.41, 5.74) is 3.21. The Bertz CT molecular complexity index is 869. The molecule has 3 rings (SSSR count). The van der Waals surface area contributed by atoms with Crippen LogP contribution in [0.3, 0.4) is 0 Å². The second kappa shape index (κ2) is 8.67. The maximum Gasteiger partial charge on any atom is 0.270 e. The summed E-state index contributed by atoms with van der Waals surface area (Å²) in [4.78, 5) is 13.0. The van der Waals surface area contributed by atoms with Gasteiger partial charge in [0.15, 0.2) is 0 Å². The SMILES string of the molecule is CC(C)CC[C@H](C)NC(=O)c1cc(-c2ccccc2)nn1-c1ccccc1. The van der Waals surface area contributed by atoms with E-state index in [-0.39, 0.29) is 11.9 Å². The van der Waals surface area contributed by atoms with E-state index >= 15 is 0 Å². The van der Waals surface area contributed by atoms with Crippen molar-refractivity contribution in [3.05, 3.63) is 72.4 Å². The number of benzene rings is 2. The molecule has 3 aromatic rings. The molecular formula is C23H27N3O. The molecule has 4 nitrogen and oxygen atoms in total. The first-order valence-electron chi connectivity index (χ1n) is 9.56. The van der Waals surface area contributed by atoms with Gasteiger partial charge >= 0.3 is 0 Å². The van der Waals surface area contributed by atoms with Crippen LogP contribution in [0.1, 0.15) is 44.1 Å². The van der Waals surface area contributed by atoms with Crippen LogP contribution >= 0.6 is 0 Å². The Morgan fingerprint density at radius 1 is 0.963 bits per heavy atom. The van der Waals surface area contributed by atoms with Crippen LogP contribution in [-0.2, 0) is 0 Å². The van der Waals surface area contributed by atoms with Crippen molar-refractivity contribution in [2.45, 2.75) is 39.7 Å². The average Bonchev–Trinajstić information content (AvgIpc) is 3.13. The number of para-hydroxylation sites is 1. The number of hydrogen-bond donors (Lipinski definition) is 1. The van der Waals surface area contributed by atoms with Gasteiger partial charge in [-0.25, -0.2) is 4.68 Å². The van der Waals surface area contributed by atoms with Crippen LogP contribution in [0.4, 0.5) is 0 Å². The smallest absolute Gasteiger partial charge is 0.270 e. The topological polar surface area (TPSA) is 46.9 Å². The molecule has 2 aromatic carbocycles. The summed E-state index contributed by atoms with van der Waals surface area (Å²) in [5.74, 6) is 0.536. The molecule has 1 heterocycles. The average molecular weight is 361 g/mol. The van der Waals surface area contributed by atoms with E-state index in [1.54, 1.807) is 4.68 Å². The van der Waals surface area contributed by atoms with Crippen molar-refractivity contribution in [3.63, 3.8) is 0 Å². The number of nitrogens with one attached hydrogen (secondary N) is 1. The maximum atomic E-state index is 13.0. The monoisotopic (exact) mass is 361 g/mol. The summed E-state index contributed by atoms with van der Waals surface area (Å²) in [6.07, 6.45) is 2.06. The zero-order valence-corrected chi connectivity index (χ0v) is 16.2. The van der Waals surface area contributed by atoms with Gasteiger partial charge in [0.2, 0.25) is 0 Å². The van der Waals surface area contributed by atoms with E-state index in [1.165, 1.54) is 0 Å². The minimum absolute atomic E-state index is 0.0928. The van der Waals surface area contributed by atoms with E-state index in [0.29, 0.717) is 11.6 Å². The molecule has 0 spiro atoms. The molecule has 0 aliphatic heterocycles. The largest absolute Gasteiger partial charge is 0.348 e. The lowest BCUT2D eigenvalue weighted by Crippen LogP contribution is -2.34. The summed E-state index contributed by atoms with van der Waals surface area (Å²) in [5, 5.41) is 7.84. The highest BCUT2D eigenvalue weighted by atomic mass is 16.2. The molecule has 1 aromatic heterocycles. The third-order valence-electron chi connectivity index (χ3n) is 4.57. The first-order chi connectivity index (χ1) is 13.0. The summed E-state index contributed by atoms with van der Waals surface area (Å²) in [6.45, 7) is 6.46. The third kappa shape index (κ3) is 4.85. The fourth-order valence-electron chi connectivity index (χ4n) is 3.01. The van der Waals surface area contributed by atoms with E-state index in [0.717, 1.165) is 29.8 Å². The van der Waals surface area contributed by atoms with Gasteiger partial charge in [-0.3, -0.25) is 4.79 Å². The Hall–Kier alpha value is -2.88.